The quantitative estimate of drug-likeness (QED) is 0.464. The van der Waals surface area contributed by atoms with Gasteiger partial charge in [-0.15, -0.1) is 11.8 Å². The molecule has 1 unspecified atom stereocenters. The number of carbonyl (C=O) groups is 2. The number of fused-ring (bicyclic) bond motifs is 1. The number of nitrogens with zero attached hydrogens (tertiary/aromatic N) is 1. The number of unbranched alkanes of at least 4 members (excludes halogenated alkanes) is 2. The van der Waals surface area contributed by atoms with E-state index in [0.29, 0.717) is 11.3 Å². The molecule has 0 radical (unpaired) electrons. The standard InChI is InChI=1S/C13H21N3O3S/c1-2-3-4-5-15-9-11(17)16-10(13(18)19)8(6-14)7-20-12(9)16/h9,12,15H,2-7,14H2,1H3,(H,18,19)/t9?,12-/m1/s1. The van der Waals surface area contributed by atoms with Gasteiger partial charge in [0.05, 0.1) is 0 Å². The van der Waals surface area contributed by atoms with Gasteiger partial charge < -0.3 is 16.2 Å². The minimum Gasteiger partial charge on any atom is -0.477 e. The summed E-state index contributed by atoms with van der Waals surface area (Å²) in [6.45, 7) is 3.11. The second-order valence-electron chi connectivity index (χ2n) is 5.01. The van der Waals surface area contributed by atoms with Crippen molar-refractivity contribution in [1.82, 2.24) is 10.2 Å². The monoisotopic (exact) mass is 299 g/mol. The second kappa shape index (κ2) is 6.60. The number of carbonyl (C=O) groups excluding carboxylic acids is 1. The van der Waals surface area contributed by atoms with Crippen molar-refractivity contribution in [1.29, 1.82) is 0 Å². The minimum atomic E-state index is -1.06. The molecule has 0 aromatic rings. The smallest absolute Gasteiger partial charge is 0.352 e. The lowest BCUT2D eigenvalue weighted by atomic mass is 10.0. The van der Waals surface area contributed by atoms with E-state index in [9.17, 15) is 14.7 Å². The molecule has 2 heterocycles. The van der Waals surface area contributed by atoms with Gasteiger partial charge in [-0.25, -0.2) is 4.79 Å². The van der Waals surface area contributed by atoms with Gasteiger partial charge in [-0.1, -0.05) is 19.8 Å². The molecule has 1 fully saturated rings. The number of rotatable bonds is 7. The molecular formula is C13H21N3O3S. The summed E-state index contributed by atoms with van der Waals surface area (Å²) < 4.78 is 0. The molecule has 20 heavy (non-hydrogen) atoms. The summed E-state index contributed by atoms with van der Waals surface area (Å²) in [5, 5.41) is 12.4. The first kappa shape index (κ1) is 15.3. The predicted octanol–water partition coefficient (Wildman–Crippen LogP) is 0.347. The number of nitrogens with two attached hydrogens (primary N) is 1. The fourth-order valence-electron chi connectivity index (χ4n) is 2.53. The molecule has 1 saturated heterocycles. The minimum absolute atomic E-state index is 0.0906. The molecular weight excluding hydrogens is 278 g/mol. The molecule has 4 N–H and O–H groups in total. The van der Waals surface area contributed by atoms with Gasteiger partial charge in [0, 0.05) is 12.3 Å². The van der Waals surface area contributed by atoms with E-state index in [2.05, 4.69) is 12.2 Å². The topological polar surface area (TPSA) is 95.7 Å². The molecule has 7 heteroatoms. The average molecular weight is 299 g/mol. The van der Waals surface area contributed by atoms with Crippen LogP contribution in [0.25, 0.3) is 0 Å². The Morgan fingerprint density at radius 2 is 2.30 bits per heavy atom. The van der Waals surface area contributed by atoms with Crippen molar-refractivity contribution in [2.45, 2.75) is 37.6 Å². The lowest BCUT2D eigenvalue weighted by Crippen LogP contribution is -2.70. The van der Waals surface area contributed by atoms with E-state index < -0.39 is 5.97 Å². The van der Waals surface area contributed by atoms with Gasteiger partial charge in [0.2, 0.25) is 5.91 Å². The number of aliphatic carboxylic acids is 1. The zero-order valence-electron chi connectivity index (χ0n) is 11.6. The van der Waals surface area contributed by atoms with E-state index in [1.54, 1.807) is 11.8 Å². The Balaban J connectivity index is 2.01. The van der Waals surface area contributed by atoms with Crippen molar-refractivity contribution in [2.75, 3.05) is 18.8 Å². The van der Waals surface area contributed by atoms with E-state index >= 15 is 0 Å². The Morgan fingerprint density at radius 3 is 2.90 bits per heavy atom. The van der Waals surface area contributed by atoms with Gasteiger partial charge in [-0.3, -0.25) is 9.69 Å². The van der Waals surface area contributed by atoms with Gasteiger partial charge in [-0.2, -0.15) is 0 Å². The lowest BCUT2D eigenvalue weighted by molar-refractivity contribution is -0.149. The van der Waals surface area contributed by atoms with Crippen LogP contribution in [0.4, 0.5) is 0 Å². The first-order valence-corrected chi connectivity index (χ1v) is 8.00. The maximum atomic E-state index is 12.1. The van der Waals surface area contributed by atoms with Crippen LogP contribution < -0.4 is 11.1 Å². The fraction of sp³-hybridized carbons (Fsp3) is 0.692. The number of β-lactam (4-membered cyclic amide) rings is 1. The number of nitrogens with one attached hydrogen (secondary N) is 1. The summed E-state index contributed by atoms with van der Waals surface area (Å²) in [6, 6.07) is -0.259. The van der Waals surface area contributed by atoms with Gasteiger partial charge in [0.25, 0.3) is 0 Å². The maximum Gasteiger partial charge on any atom is 0.352 e. The molecule has 0 aromatic heterocycles. The van der Waals surface area contributed by atoms with Crippen molar-refractivity contribution in [3.8, 4) is 0 Å². The molecule has 2 rings (SSSR count). The van der Waals surface area contributed by atoms with Crippen LogP contribution in [0.5, 0.6) is 0 Å². The molecule has 112 valence electrons. The third kappa shape index (κ3) is 2.70. The number of thioether (sulfide) groups is 1. The highest BCUT2D eigenvalue weighted by atomic mass is 32.2. The first-order valence-electron chi connectivity index (χ1n) is 6.95. The highest BCUT2D eigenvalue weighted by Crippen LogP contribution is 2.39. The molecule has 0 spiro atoms. The van der Waals surface area contributed by atoms with Crippen LogP contribution in [0.3, 0.4) is 0 Å². The van der Waals surface area contributed by atoms with Crippen molar-refractivity contribution in [3.05, 3.63) is 11.3 Å². The molecule has 2 aliphatic heterocycles. The van der Waals surface area contributed by atoms with E-state index in [1.807, 2.05) is 0 Å². The van der Waals surface area contributed by atoms with Crippen LogP contribution in [-0.2, 0) is 9.59 Å². The summed E-state index contributed by atoms with van der Waals surface area (Å²) in [7, 11) is 0. The van der Waals surface area contributed by atoms with Gasteiger partial charge in [-0.05, 0) is 18.5 Å². The second-order valence-corrected chi connectivity index (χ2v) is 6.12. The Morgan fingerprint density at radius 1 is 1.55 bits per heavy atom. The van der Waals surface area contributed by atoms with Crippen LogP contribution in [0.1, 0.15) is 26.2 Å². The van der Waals surface area contributed by atoms with Crippen molar-refractivity contribution in [2.24, 2.45) is 5.73 Å². The maximum absolute atomic E-state index is 12.1. The zero-order chi connectivity index (χ0) is 14.7. The Bertz CT molecular complexity index is 439. The van der Waals surface area contributed by atoms with Crippen molar-refractivity contribution in [3.63, 3.8) is 0 Å². The van der Waals surface area contributed by atoms with Crippen LogP contribution in [0.2, 0.25) is 0 Å². The number of carboxylic acid groups (broad SMARTS) is 1. The molecule has 0 aliphatic carbocycles. The number of hydrogen-bond donors (Lipinski definition) is 3. The fourth-order valence-corrected chi connectivity index (χ4v) is 3.92. The van der Waals surface area contributed by atoms with Gasteiger partial charge >= 0.3 is 5.97 Å². The zero-order valence-corrected chi connectivity index (χ0v) is 12.4. The first-order chi connectivity index (χ1) is 9.61. The van der Waals surface area contributed by atoms with E-state index in [4.69, 9.17) is 5.73 Å². The van der Waals surface area contributed by atoms with Gasteiger partial charge in [0.15, 0.2) is 0 Å². The summed E-state index contributed by atoms with van der Waals surface area (Å²) in [5.41, 5.74) is 6.29. The number of carboxylic acids is 1. The van der Waals surface area contributed by atoms with E-state index in [0.717, 1.165) is 25.8 Å². The molecule has 0 saturated carbocycles. The molecule has 2 aliphatic rings. The molecule has 2 atom stereocenters. The molecule has 0 bridgehead atoms. The molecule has 1 amide bonds. The lowest BCUT2D eigenvalue weighted by Gasteiger charge is -2.49. The SMILES string of the molecule is CCCCCNC1C(=O)N2C(C(=O)O)=C(CN)CS[C@H]12. The van der Waals surface area contributed by atoms with Crippen molar-refractivity contribution < 1.29 is 14.7 Å². The van der Waals surface area contributed by atoms with Crippen LogP contribution in [0, 0.1) is 0 Å². The highest BCUT2D eigenvalue weighted by molar-refractivity contribution is 8.00. The molecule has 0 aromatic carbocycles. The Hall–Kier alpha value is -1.05. The van der Waals surface area contributed by atoms with E-state index in [-0.39, 0.29) is 29.6 Å². The Labute approximate surface area is 122 Å². The summed E-state index contributed by atoms with van der Waals surface area (Å²) in [5.74, 6) is -0.629. The molecule has 6 nitrogen and oxygen atoms in total. The largest absolute Gasteiger partial charge is 0.477 e. The van der Waals surface area contributed by atoms with Gasteiger partial charge in [0.1, 0.15) is 17.1 Å². The summed E-state index contributed by atoms with van der Waals surface area (Å²) >= 11 is 1.58. The predicted molar refractivity (Wildman–Crippen MR) is 78.1 cm³/mol. The summed E-state index contributed by atoms with van der Waals surface area (Å²) in [4.78, 5) is 24.9. The average Bonchev–Trinajstić information content (AvgIpc) is 2.45. The summed E-state index contributed by atoms with van der Waals surface area (Å²) in [6.07, 6.45) is 3.30. The Kier molecular flexibility index (Phi) is 5.06. The third-order valence-corrected chi connectivity index (χ3v) is 4.98. The van der Waals surface area contributed by atoms with E-state index in [1.165, 1.54) is 4.90 Å². The van der Waals surface area contributed by atoms with Crippen LogP contribution >= 0.6 is 11.8 Å². The normalized spacial score (nSPS) is 25.5. The highest BCUT2D eigenvalue weighted by Gasteiger charge is 2.52. The number of hydrogen-bond acceptors (Lipinski definition) is 5. The van der Waals surface area contributed by atoms with Crippen molar-refractivity contribution >= 4 is 23.6 Å². The van der Waals surface area contributed by atoms with Crippen LogP contribution in [-0.4, -0.2) is 52.1 Å². The number of amides is 1. The van der Waals surface area contributed by atoms with Crippen LogP contribution in [0.15, 0.2) is 11.3 Å². The third-order valence-electron chi connectivity index (χ3n) is 3.64.